The van der Waals surface area contributed by atoms with Crippen LogP contribution in [0.15, 0.2) is 30.3 Å². The highest BCUT2D eigenvalue weighted by atomic mass is 19.4. The van der Waals surface area contributed by atoms with Gasteiger partial charge in [0.25, 0.3) is 0 Å². The number of alkyl halides is 3. The molecule has 1 saturated heterocycles. The van der Waals surface area contributed by atoms with Crippen LogP contribution in [0.1, 0.15) is 25.1 Å². The molecule has 3 nitrogen and oxygen atoms in total. The number of carbonyl (C=O) groups is 1. The average molecular weight is 272 g/mol. The number of amides is 1. The molecule has 1 aromatic carbocycles. The summed E-state index contributed by atoms with van der Waals surface area (Å²) >= 11 is 0. The summed E-state index contributed by atoms with van der Waals surface area (Å²) in [5, 5.41) is 2.95. The van der Waals surface area contributed by atoms with Gasteiger partial charge in [-0.05, 0) is 12.5 Å². The number of nitrogens with zero attached hydrogens (tertiary/aromatic N) is 1. The van der Waals surface area contributed by atoms with E-state index in [4.69, 9.17) is 0 Å². The smallest absolute Gasteiger partial charge is 0.319 e. The summed E-state index contributed by atoms with van der Waals surface area (Å²) in [5.41, 5.74) is 0.794. The van der Waals surface area contributed by atoms with Gasteiger partial charge < -0.3 is 4.90 Å². The normalized spacial score (nSPS) is 21.8. The van der Waals surface area contributed by atoms with E-state index >= 15 is 0 Å². The van der Waals surface area contributed by atoms with Crippen LogP contribution in [0.5, 0.6) is 0 Å². The van der Waals surface area contributed by atoms with Gasteiger partial charge in [-0.1, -0.05) is 30.3 Å². The molecule has 1 heterocycles. The van der Waals surface area contributed by atoms with Crippen LogP contribution in [0.3, 0.4) is 0 Å². The van der Waals surface area contributed by atoms with Crippen LogP contribution in [0, 0.1) is 0 Å². The Balaban J connectivity index is 2.18. The molecular formula is C13H15F3N2O. The Morgan fingerprint density at radius 2 is 2.00 bits per heavy atom. The lowest BCUT2D eigenvalue weighted by Crippen LogP contribution is -2.40. The van der Waals surface area contributed by atoms with Crippen molar-refractivity contribution in [3.05, 3.63) is 35.9 Å². The average Bonchev–Trinajstić information content (AvgIpc) is 2.70. The molecule has 0 aromatic heterocycles. The molecule has 0 bridgehead atoms. The van der Waals surface area contributed by atoms with Gasteiger partial charge in [0.15, 0.2) is 0 Å². The first-order valence-corrected chi connectivity index (χ1v) is 6.05. The Bertz CT molecular complexity index is 447. The number of nitrogens with one attached hydrogen (secondary N) is 1. The second-order valence-corrected chi connectivity index (χ2v) is 4.66. The SMILES string of the molecule is CC(CC(F)(F)F)N1C(=O)CNC1c1ccccc1. The lowest BCUT2D eigenvalue weighted by Gasteiger charge is -2.31. The Kier molecular flexibility index (Phi) is 3.80. The van der Waals surface area contributed by atoms with E-state index in [0.29, 0.717) is 0 Å². The highest BCUT2D eigenvalue weighted by Crippen LogP contribution is 2.30. The Hall–Kier alpha value is -1.56. The van der Waals surface area contributed by atoms with E-state index in [1.807, 2.05) is 6.07 Å². The first-order chi connectivity index (χ1) is 8.88. The summed E-state index contributed by atoms with van der Waals surface area (Å²) in [7, 11) is 0. The molecular weight excluding hydrogens is 257 g/mol. The maximum Gasteiger partial charge on any atom is 0.391 e. The molecule has 0 radical (unpaired) electrons. The van der Waals surface area contributed by atoms with Gasteiger partial charge in [0.05, 0.1) is 13.0 Å². The monoisotopic (exact) mass is 272 g/mol. The molecule has 1 aromatic rings. The maximum absolute atomic E-state index is 12.5. The summed E-state index contributed by atoms with van der Waals surface area (Å²) < 4.78 is 37.4. The molecule has 0 aliphatic carbocycles. The third kappa shape index (κ3) is 3.26. The minimum absolute atomic E-state index is 0.0712. The standard InChI is InChI=1S/C13H15F3N2O/c1-9(7-13(14,15)16)18-11(19)8-17-12(18)10-5-3-2-4-6-10/h2-6,9,12,17H,7-8H2,1H3. The molecule has 1 aliphatic rings. The zero-order valence-corrected chi connectivity index (χ0v) is 10.4. The maximum atomic E-state index is 12.5. The van der Waals surface area contributed by atoms with Gasteiger partial charge in [0.2, 0.25) is 5.91 Å². The highest BCUT2D eigenvalue weighted by Gasteiger charge is 2.40. The van der Waals surface area contributed by atoms with Gasteiger partial charge >= 0.3 is 6.18 Å². The Morgan fingerprint density at radius 3 is 2.58 bits per heavy atom. The van der Waals surface area contributed by atoms with Crippen molar-refractivity contribution in [1.82, 2.24) is 10.2 Å². The largest absolute Gasteiger partial charge is 0.391 e. The molecule has 19 heavy (non-hydrogen) atoms. The predicted octanol–water partition coefficient (Wildman–Crippen LogP) is 2.46. The van der Waals surface area contributed by atoms with E-state index in [0.717, 1.165) is 5.56 Å². The number of carbonyl (C=O) groups excluding carboxylic acids is 1. The molecule has 2 rings (SSSR count). The van der Waals surface area contributed by atoms with E-state index in [9.17, 15) is 18.0 Å². The second-order valence-electron chi connectivity index (χ2n) is 4.66. The van der Waals surface area contributed by atoms with Crippen LogP contribution in [0.2, 0.25) is 0 Å². The van der Waals surface area contributed by atoms with Gasteiger partial charge in [-0.15, -0.1) is 0 Å². The van der Waals surface area contributed by atoms with E-state index in [1.54, 1.807) is 24.3 Å². The topological polar surface area (TPSA) is 32.3 Å². The first kappa shape index (κ1) is 13.9. The highest BCUT2D eigenvalue weighted by molar-refractivity contribution is 5.81. The summed E-state index contributed by atoms with van der Waals surface area (Å²) in [6, 6.07) is 8.13. The van der Waals surface area contributed by atoms with Crippen molar-refractivity contribution in [2.45, 2.75) is 31.7 Å². The molecule has 1 N–H and O–H groups in total. The van der Waals surface area contributed by atoms with Crippen molar-refractivity contribution in [3.8, 4) is 0 Å². The Labute approximate surface area is 109 Å². The van der Waals surface area contributed by atoms with Crippen molar-refractivity contribution >= 4 is 5.91 Å². The summed E-state index contributed by atoms with van der Waals surface area (Å²) in [4.78, 5) is 13.1. The van der Waals surface area contributed by atoms with Crippen LogP contribution in [0.25, 0.3) is 0 Å². The van der Waals surface area contributed by atoms with Crippen LogP contribution < -0.4 is 5.32 Å². The van der Waals surface area contributed by atoms with Crippen LogP contribution in [-0.2, 0) is 4.79 Å². The quantitative estimate of drug-likeness (QED) is 0.916. The van der Waals surface area contributed by atoms with E-state index < -0.39 is 24.8 Å². The molecule has 1 aliphatic heterocycles. The second kappa shape index (κ2) is 5.21. The molecule has 6 heteroatoms. The third-order valence-corrected chi connectivity index (χ3v) is 3.13. The lowest BCUT2D eigenvalue weighted by atomic mass is 10.1. The van der Waals surface area contributed by atoms with Gasteiger partial charge in [-0.25, -0.2) is 0 Å². The summed E-state index contributed by atoms with van der Waals surface area (Å²) in [6.45, 7) is 1.50. The summed E-state index contributed by atoms with van der Waals surface area (Å²) in [6.07, 6.45) is -5.75. The fourth-order valence-electron chi connectivity index (χ4n) is 2.36. The first-order valence-electron chi connectivity index (χ1n) is 6.05. The van der Waals surface area contributed by atoms with Gasteiger partial charge in [0.1, 0.15) is 6.17 Å². The number of halogens is 3. The lowest BCUT2D eigenvalue weighted by molar-refractivity contribution is -0.153. The zero-order valence-electron chi connectivity index (χ0n) is 10.4. The van der Waals surface area contributed by atoms with Crippen LogP contribution in [-0.4, -0.2) is 29.6 Å². The van der Waals surface area contributed by atoms with E-state index in [-0.39, 0.29) is 12.5 Å². The van der Waals surface area contributed by atoms with Crippen molar-refractivity contribution < 1.29 is 18.0 Å². The van der Waals surface area contributed by atoms with Gasteiger partial charge in [-0.3, -0.25) is 10.1 Å². The van der Waals surface area contributed by atoms with E-state index in [2.05, 4.69) is 5.32 Å². The summed E-state index contributed by atoms with van der Waals surface area (Å²) in [5.74, 6) is -0.300. The minimum atomic E-state index is -4.27. The fraction of sp³-hybridized carbons (Fsp3) is 0.462. The van der Waals surface area contributed by atoms with Crippen LogP contribution >= 0.6 is 0 Å². The van der Waals surface area contributed by atoms with Crippen molar-refractivity contribution in [2.24, 2.45) is 0 Å². The van der Waals surface area contributed by atoms with E-state index in [1.165, 1.54) is 11.8 Å². The number of rotatable bonds is 3. The zero-order chi connectivity index (χ0) is 14.0. The fourth-order valence-corrected chi connectivity index (χ4v) is 2.36. The molecule has 0 spiro atoms. The van der Waals surface area contributed by atoms with Gasteiger partial charge in [-0.2, -0.15) is 13.2 Å². The van der Waals surface area contributed by atoms with Crippen molar-refractivity contribution in [1.29, 1.82) is 0 Å². The third-order valence-electron chi connectivity index (χ3n) is 3.13. The van der Waals surface area contributed by atoms with Crippen molar-refractivity contribution in [3.63, 3.8) is 0 Å². The predicted molar refractivity (Wildman–Crippen MR) is 64.2 cm³/mol. The number of hydrogen-bond donors (Lipinski definition) is 1. The molecule has 104 valence electrons. The van der Waals surface area contributed by atoms with Crippen molar-refractivity contribution in [2.75, 3.05) is 6.54 Å². The number of hydrogen-bond acceptors (Lipinski definition) is 2. The molecule has 2 unspecified atom stereocenters. The Morgan fingerprint density at radius 1 is 1.37 bits per heavy atom. The molecule has 1 amide bonds. The molecule has 1 fully saturated rings. The van der Waals surface area contributed by atoms with Gasteiger partial charge in [0, 0.05) is 6.04 Å². The molecule has 2 atom stereocenters. The minimum Gasteiger partial charge on any atom is -0.319 e. The number of benzene rings is 1. The van der Waals surface area contributed by atoms with Crippen LogP contribution in [0.4, 0.5) is 13.2 Å². The molecule has 0 saturated carbocycles.